The van der Waals surface area contributed by atoms with Crippen molar-refractivity contribution in [2.45, 2.75) is 49.1 Å². The lowest BCUT2D eigenvalue weighted by Gasteiger charge is -2.38. The van der Waals surface area contributed by atoms with Crippen LogP contribution in [0.3, 0.4) is 0 Å². The normalized spacial score (nSPS) is 19.7. The minimum absolute atomic E-state index is 0.0716. The summed E-state index contributed by atoms with van der Waals surface area (Å²) in [6.45, 7) is -0.0716. The van der Waals surface area contributed by atoms with Gasteiger partial charge < -0.3 is 9.64 Å². The van der Waals surface area contributed by atoms with Crippen molar-refractivity contribution in [3.05, 3.63) is 53.6 Å². The predicted octanol–water partition coefficient (Wildman–Crippen LogP) is 4.09. The molecule has 1 unspecified atom stereocenters. The monoisotopic (exact) mass is 448 g/mol. The predicted molar refractivity (Wildman–Crippen MR) is 116 cm³/mol. The van der Waals surface area contributed by atoms with Crippen LogP contribution in [0.4, 0.5) is 5.69 Å². The zero-order valence-electron chi connectivity index (χ0n) is 16.8. The molecule has 0 aromatic heterocycles. The van der Waals surface area contributed by atoms with Crippen LogP contribution < -0.4 is 9.04 Å². The Labute approximate surface area is 182 Å². The van der Waals surface area contributed by atoms with Gasteiger partial charge in [0.15, 0.2) is 6.10 Å². The largest absolute Gasteiger partial charge is 0.476 e. The van der Waals surface area contributed by atoms with Gasteiger partial charge in [-0.2, -0.15) is 0 Å². The van der Waals surface area contributed by atoms with E-state index in [0.29, 0.717) is 16.5 Å². The fraction of sp³-hybridized carbons (Fsp3) is 0.409. The molecule has 30 heavy (non-hydrogen) atoms. The van der Waals surface area contributed by atoms with Gasteiger partial charge in [-0.1, -0.05) is 43.0 Å². The number of ether oxygens (including phenoxy) is 1. The number of amides is 1. The lowest BCUT2D eigenvalue weighted by atomic mass is 9.94. The molecule has 0 bridgehead atoms. The van der Waals surface area contributed by atoms with Crippen molar-refractivity contribution in [3.63, 3.8) is 0 Å². The number of hydrogen-bond acceptors (Lipinski definition) is 4. The Kier molecular flexibility index (Phi) is 5.93. The number of carbonyl (C=O) groups excluding carboxylic acids is 1. The molecule has 0 radical (unpaired) electrons. The Morgan fingerprint density at radius 1 is 1.07 bits per heavy atom. The van der Waals surface area contributed by atoms with Crippen molar-refractivity contribution in [1.82, 2.24) is 4.90 Å². The van der Waals surface area contributed by atoms with E-state index in [0.717, 1.165) is 25.7 Å². The smallest absolute Gasteiger partial charge is 0.265 e. The molecule has 1 aliphatic heterocycles. The Morgan fingerprint density at radius 2 is 1.73 bits per heavy atom. The second-order valence-corrected chi connectivity index (χ2v) is 10.1. The SMILES string of the molecule is CN(C(=O)C1CN(S(=O)(=O)c2ccc(Cl)cc2)c2ccccc2O1)C1CCCCC1. The van der Waals surface area contributed by atoms with Gasteiger partial charge in [-0.15, -0.1) is 0 Å². The first-order chi connectivity index (χ1) is 14.4. The van der Waals surface area contributed by atoms with Crippen molar-refractivity contribution in [2.75, 3.05) is 17.9 Å². The molecule has 4 rings (SSSR count). The fourth-order valence-electron chi connectivity index (χ4n) is 4.17. The van der Waals surface area contributed by atoms with Crippen LogP contribution in [0.15, 0.2) is 53.4 Å². The number of nitrogens with zero attached hydrogens (tertiary/aromatic N) is 2. The van der Waals surface area contributed by atoms with Crippen LogP contribution in [0.1, 0.15) is 32.1 Å². The molecule has 160 valence electrons. The highest BCUT2D eigenvalue weighted by Gasteiger charge is 2.39. The van der Waals surface area contributed by atoms with Gasteiger partial charge in [0.05, 0.1) is 17.1 Å². The van der Waals surface area contributed by atoms with Crippen LogP contribution in [-0.2, 0) is 14.8 Å². The fourth-order valence-corrected chi connectivity index (χ4v) is 5.77. The molecule has 6 nitrogen and oxygen atoms in total. The molecule has 8 heteroatoms. The Hall–Kier alpha value is -2.25. The minimum atomic E-state index is -3.89. The number of anilines is 1. The van der Waals surface area contributed by atoms with Gasteiger partial charge in [-0.3, -0.25) is 9.10 Å². The zero-order valence-corrected chi connectivity index (χ0v) is 18.4. The summed E-state index contributed by atoms with van der Waals surface area (Å²) < 4.78 is 34.0. The lowest BCUT2D eigenvalue weighted by molar-refractivity contribution is -0.139. The maximum absolute atomic E-state index is 13.4. The number of carbonyl (C=O) groups is 1. The quantitative estimate of drug-likeness (QED) is 0.706. The van der Waals surface area contributed by atoms with E-state index in [1.165, 1.54) is 22.9 Å². The van der Waals surface area contributed by atoms with Crippen LogP contribution in [0.25, 0.3) is 0 Å². The van der Waals surface area contributed by atoms with Crippen LogP contribution in [0.2, 0.25) is 5.02 Å². The van der Waals surface area contributed by atoms with E-state index in [1.54, 1.807) is 48.3 Å². The number of halogens is 1. The number of rotatable bonds is 4. The summed E-state index contributed by atoms with van der Waals surface area (Å²) in [5.74, 6) is 0.199. The van der Waals surface area contributed by atoms with Gasteiger partial charge in [0.2, 0.25) is 0 Å². The molecule has 1 amide bonds. The average molecular weight is 449 g/mol. The van der Waals surface area contributed by atoms with Crippen LogP contribution in [0, 0.1) is 0 Å². The van der Waals surface area contributed by atoms with Crippen LogP contribution in [-0.4, -0.2) is 45.0 Å². The third-order valence-corrected chi connectivity index (χ3v) is 7.93. The van der Waals surface area contributed by atoms with Gasteiger partial charge in [0, 0.05) is 18.1 Å². The second-order valence-electron chi connectivity index (χ2n) is 7.81. The van der Waals surface area contributed by atoms with Crippen LogP contribution in [0.5, 0.6) is 5.75 Å². The van der Waals surface area contributed by atoms with E-state index in [2.05, 4.69) is 0 Å². The number of sulfonamides is 1. The first-order valence-corrected chi connectivity index (χ1v) is 12.0. The van der Waals surface area contributed by atoms with E-state index >= 15 is 0 Å². The van der Waals surface area contributed by atoms with Gasteiger partial charge in [-0.25, -0.2) is 8.42 Å². The van der Waals surface area contributed by atoms with E-state index < -0.39 is 16.1 Å². The molecule has 1 saturated carbocycles. The lowest BCUT2D eigenvalue weighted by Crippen LogP contribution is -2.53. The summed E-state index contributed by atoms with van der Waals surface area (Å²) in [6.07, 6.45) is 4.45. The molecule has 0 saturated heterocycles. The summed E-state index contributed by atoms with van der Waals surface area (Å²) in [5, 5.41) is 0.457. The summed E-state index contributed by atoms with van der Waals surface area (Å²) in [6, 6.07) is 13.1. The third kappa shape index (κ3) is 4.01. The number of fused-ring (bicyclic) bond motifs is 1. The van der Waals surface area contributed by atoms with E-state index in [9.17, 15) is 13.2 Å². The number of para-hydroxylation sites is 2. The first-order valence-electron chi connectivity index (χ1n) is 10.2. The molecule has 1 fully saturated rings. The molecule has 2 aromatic carbocycles. The number of benzene rings is 2. The van der Waals surface area contributed by atoms with Gasteiger partial charge in [0.25, 0.3) is 15.9 Å². The van der Waals surface area contributed by atoms with E-state index in [1.807, 2.05) is 0 Å². The van der Waals surface area contributed by atoms with E-state index in [-0.39, 0.29) is 23.4 Å². The topological polar surface area (TPSA) is 66.9 Å². The summed E-state index contributed by atoms with van der Waals surface area (Å²) >= 11 is 5.92. The molecule has 0 spiro atoms. The number of hydrogen-bond donors (Lipinski definition) is 0. The van der Waals surface area contributed by atoms with Crippen molar-refractivity contribution in [2.24, 2.45) is 0 Å². The molecule has 2 aromatic rings. The highest BCUT2D eigenvalue weighted by molar-refractivity contribution is 7.92. The summed E-state index contributed by atoms with van der Waals surface area (Å²) in [4.78, 5) is 15.1. The highest BCUT2D eigenvalue weighted by atomic mass is 35.5. The molecule has 1 heterocycles. The van der Waals surface area contributed by atoms with E-state index in [4.69, 9.17) is 16.3 Å². The standard InChI is InChI=1S/C22H25ClN2O4S/c1-24(17-7-3-2-4-8-17)22(26)21-15-25(19-9-5-6-10-20(19)29-21)30(27,28)18-13-11-16(23)12-14-18/h5-6,9-14,17,21H,2-4,7-8,15H2,1H3. The first kappa shape index (κ1) is 21.0. The molecule has 0 N–H and O–H groups in total. The molecular formula is C22H25ClN2O4S. The third-order valence-electron chi connectivity index (χ3n) is 5.88. The maximum Gasteiger partial charge on any atom is 0.265 e. The minimum Gasteiger partial charge on any atom is -0.476 e. The van der Waals surface area contributed by atoms with Crippen LogP contribution >= 0.6 is 11.6 Å². The molecule has 2 aliphatic rings. The van der Waals surface area contributed by atoms with Gasteiger partial charge in [-0.05, 0) is 49.2 Å². The summed E-state index contributed by atoms with van der Waals surface area (Å²) in [5.41, 5.74) is 0.428. The maximum atomic E-state index is 13.4. The van der Waals surface area contributed by atoms with Crippen molar-refractivity contribution in [1.29, 1.82) is 0 Å². The Bertz CT molecular complexity index is 1020. The average Bonchev–Trinajstić information content (AvgIpc) is 2.78. The number of likely N-dealkylation sites (N-methyl/N-ethyl adjacent to an activating group) is 1. The highest BCUT2D eigenvalue weighted by Crippen LogP contribution is 2.37. The summed E-state index contributed by atoms with van der Waals surface area (Å²) in [7, 11) is -2.09. The van der Waals surface area contributed by atoms with Crippen molar-refractivity contribution < 1.29 is 17.9 Å². The second kappa shape index (κ2) is 8.47. The Morgan fingerprint density at radius 3 is 2.43 bits per heavy atom. The van der Waals surface area contributed by atoms with Crippen molar-refractivity contribution >= 4 is 33.2 Å². The van der Waals surface area contributed by atoms with Gasteiger partial charge in [0.1, 0.15) is 5.75 Å². The molecular weight excluding hydrogens is 424 g/mol. The van der Waals surface area contributed by atoms with Gasteiger partial charge >= 0.3 is 0 Å². The van der Waals surface area contributed by atoms with Crippen molar-refractivity contribution in [3.8, 4) is 5.75 Å². The molecule has 1 atom stereocenters. The molecule has 1 aliphatic carbocycles. The Balaban J connectivity index is 1.65. The zero-order chi connectivity index (χ0) is 21.3.